The molecule has 0 saturated carbocycles. The highest BCUT2D eigenvalue weighted by Crippen LogP contribution is 2.16. The molecule has 0 radical (unpaired) electrons. The molecule has 0 spiro atoms. The SMILES string of the molecule is NC(=O)C1CCCN1C(=O)CNC(=O)[C@H](CO)NC(=O)OCc1ccccc1. The number of ether oxygens (including phenoxy) is 1. The summed E-state index contributed by atoms with van der Waals surface area (Å²) in [5.41, 5.74) is 6.03. The number of nitrogens with two attached hydrogens (primary N) is 1. The molecule has 2 rings (SSSR count). The van der Waals surface area contributed by atoms with Crippen LogP contribution in [0.25, 0.3) is 0 Å². The van der Waals surface area contributed by atoms with Crippen molar-refractivity contribution in [2.45, 2.75) is 31.5 Å². The number of benzene rings is 1. The molecule has 4 amide bonds. The summed E-state index contributed by atoms with van der Waals surface area (Å²) >= 11 is 0. The average Bonchev–Trinajstić information content (AvgIpc) is 3.19. The van der Waals surface area contributed by atoms with Crippen LogP contribution in [0, 0.1) is 0 Å². The number of nitrogens with one attached hydrogen (secondary N) is 2. The normalized spacial score (nSPS) is 16.9. The number of aliphatic hydroxyl groups excluding tert-OH is 1. The van der Waals surface area contributed by atoms with E-state index in [1.165, 1.54) is 4.90 Å². The van der Waals surface area contributed by atoms with E-state index < -0.39 is 42.5 Å². The Labute approximate surface area is 162 Å². The van der Waals surface area contributed by atoms with Crippen LogP contribution in [0.1, 0.15) is 18.4 Å². The number of hydrogen-bond donors (Lipinski definition) is 4. The van der Waals surface area contributed by atoms with Crippen molar-refractivity contribution < 1.29 is 29.0 Å². The van der Waals surface area contributed by atoms with Gasteiger partial charge in [0.2, 0.25) is 17.7 Å². The van der Waals surface area contributed by atoms with E-state index in [1.807, 2.05) is 6.07 Å². The lowest BCUT2D eigenvalue weighted by molar-refractivity contribution is -0.137. The Balaban J connectivity index is 1.78. The number of aliphatic hydroxyl groups is 1. The van der Waals surface area contributed by atoms with E-state index in [0.29, 0.717) is 19.4 Å². The van der Waals surface area contributed by atoms with Crippen LogP contribution in [0.4, 0.5) is 4.79 Å². The van der Waals surface area contributed by atoms with Crippen molar-refractivity contribution in [3.05, 3.63) is 35.9 Å². The van der Waals surface area contributed by atoms with E-state index in [9.17, 15) is 24.3 Å². The van der Waals surface area contributed by atoms with Gasteiger partial charge in [0, 0.05) is 6.54 Å². The molecule has 1 unspecified atom stereocenters. The molecule has 2 atom stereocenters. The lowest BCUT2D eigenvalue weighted by atomic mass is 10.2. The fraction of sp³-hybridized carbons (Fsp3) is 0.444. The molecule has 5 N–H and O–H groups in total. The number of likely N-dealkylation sites (tertiary alicyclic amines) is 1. The maximum Gasteiger partial charge on any atom is 0.408 e. The molecule has 1 aromatic rings. The fourth-order valence-electron chi connectivity index (χ4n) is 2.85. The van der Waals surface area contributed by atoms with E-state index in [-0.39, 0.29) is 13.2 Å². The Morgan fingerprint density at radius 3 is 2.61 bits per heavy atom. The van der Waals surface area contributed by atoms with E-state index in [1.54, 1.807) is 24.3 Å². The van der Waals surface area contributed by atoms with Gasteiger partial charge in [-0.1, -0.05) is 30.3 Å². The average molecular weight is 392 g/mol. The van der Waals surface area contributed by atoms with E-state index in [0.717, 1.165) is 5.56 Å². The summed E-state index contributed by atoms with van der Waals surface area (Å²) in [5, 5.41) is 13.9. The maximum atomic E-state index is 12.2. The highest BCUT2D eigenvalue weighted by Gasteiger charge is 2.32. The Morgan fingerprint density at radius 1 is 1.25 bits per heavy atom. The minimum Gasteiger partial charge on any atom is -0.445 e. The van der Waals surface area contributed by atoms with Crippen LogP contribution in [0.15, 0.2) is 30.3 Å². The van der Waals surface area contributed by atoms with Gasteiger partial charge in [-0.3, -0.25) is 14.4 Å². The van der Waals surface area contributed by atoms with Gasteiger partial charge in [0.25, 0.3) is 0 Å². The number of hydrogen-bond acceptors (Lipinski definition) is 6. The summed E-state index contributed by atoms with van der Waals surface area (Å²) in [5.74, 6) is -1.80. The zero-order valence-corrected chi connectivity index (χ0v) is 15.3. The monoisotopic (exact) mass is 392 g/mol. The molecule has 0 aliphatic carbocycles. The third-order valence-corrected chi connectivity index (χ3v) is 4.32. The first-order chi connectivity index (χ1) is 13.4. The highest BCUT2D eigenvalue weighted by molar-refractivity contribution is 5.92. The maximum absolute atomic E-state index is 12.2. The van der Waals surface area contributed by atoms with Gasteiger partial charge in [-0.05, 0) is 18.4 Å². The summed E-state index contributed by atoms with van der Waals surface area (Å²) in [6.07, 6.45) is 0.266. The zero-order valence-electron chi connectivity index (χ0n) is 15.3. The largest absolute Gasteiger partial charge is 0.445 e. The molecule has 1 heterocycles. The van der Waals surface area contributed by atoms with E-state index >= 15 is 0 Å². The van der Waals surface area contributed by atoms with Gasteiger partial charge in [0.15, 0.2) is 0 Å². The van der Waals surface area contributed by atoms with Gasteiger partial charge >= 0.3 is 6.09 Å². The summed E-state index contributed by atoms with van der Waals surface area (Å²) in [4.78, 5) is 48.8. The second-order valence-electron chi connectivity index (χ2n) is 6.31. The van der Waals surface area contributed by atoms with Gasteiger partial charge < -0.3 is 31.1 Å². The van der Waals surface area contributed by atoms with Crippen molar-refractivity contribution in [3.63, 3.8) is 0 Å². The molecule has 10 heteroatoms. The number of carbonyl (C=O) groups is 4. The summed E-state index contributed by atoms with van der Waals surface area (Å²) in [7, 11) is 0. The van der Waals surface area contributed by atoms with Gasteiger partial charge in [0.1, 0.15) is 18.7 Å². The third-order valence-electron chi connectivity index (χ3n) is 4.32. The van der Waals surface area contributed by atoms with Gasteiger partial charge in [-0.25, -0.2) is 4.79 Å². The van der Waals surface area contributed by atoms with E-state index in [2.05, 4.69) is 10.6 Å². The first-order valence-corrected chi connectivity index (χ1v) is 8.87. The first-order valence-electron chi connectivity index (χ1n) is 8.87. The molecule has 28 heavy (non-hydrogen) atoms. The summed E-state index contributed by atoms with van der Waals surface area (Å²) in [6, 6.07) is 7.00. The molecule has 0 bridgehead atoms. The highest BCUT2D eigenvalue weighted by atomic mass is 16.5. The molecular formula is C18H24N4O6. The van der Waals surface area contributed by atoms with Crippen LogP contribution in [-0.4, -0.2) is 65.6 Å². The van der Waals surface area contributed by atoms with Crippen molar-refractivity contribution in [2.24, 2.45) is 5.73 Å². The molecule has 1 aromatic carbocycles. The smallest absolute Gasteiger partial charge is 0.408 e. The van der Waals surface area contributed by atoms with Crippen LogP contribution in [0.5, 0.6) is 0 Å². The molecule has 10 nitrogen and oxygen atoms in total. The van der Waals surface area contributed by atoms with Crippen LogP contribution < -0.4 is 16.4 Å². The predicted molar refractivity (Wildman–Crippen MR) is 97.6 cm³/mol. The number of alkyl carbamates (subject to hydrolysis) is 1. The lowest BCUT2D eigenvalue weighted by Gasteiger charge is -2.23. The Hall–Kier alpha value is -3.14. The van der Waals surface area contributed by atoms with Crippen molar-refractivity contribution in [1.29, 1.82) is 0 Å². The topological polar surface area (TPSA) is 151 Å². The summed E-state index contributed by atoms with van der Waals surface area (Å²) < 4.78 is 4.99. The predicted octanol–water partition coefficient (Wildman–Crippen LogP) is -1.13. The Morgan fingerprint density at radius 2 is 1.96 bits per heavy atom. The van der Waals surface area contributed by atoms with Crippen molar-refractivity contribution in [1.82, 2.24) is 15.5 Å². The van der Waals surface area contributed by atoms with Crippen molar-refractivity contribution in [2.75, 3.05) is 19.7 Å². The molecule has 0 aromatic heterocycles. The molecule has 1 fully saturated rings. The minimum absolute atomic E-state index is 0.00833. The number of primary amides is 1. The Kier molecular flexibility index (Phi) is 7.76. The van der Waals surface area contributed by atoms with Crippen LogP contribution >= 0.6 is 0 Å². The van der Waals surface area contributed by atoms with Crippen molar-refractivity contribution >= 4 is 23.8 Å². The zero-order chi connectivity index (χ0) is 20.5. The number of nitrogens with zero attached hydrogens (tertiary/aromatic N) is 1. The van der Waals surface area contributed by atoms with E-state index in [4.69, 9.17) is 10.5 Å². The molecule has 1 aliphatic heterocycles. The molecule has 1 saturated heterocycles. The number of amides is 4. The Bertz CT molecular complexity index is 711. The lowest BCUT2D eigenvalue weighted by Crippen LogP contribution is -2.52. The standard InChI is InChI=1S/C18H24N4O6/c19-16(25)14-7-4-8-22(14)15(24)9-20-17(26)13(10-23)21-18(27)28-11-12-5-2-1-3-6-12/h1-3,5-6,13-14,23H,4,7-11H2,(H2,19,25)(H,20,26)(H,21,27)/t13-,14?/m0/s1. The fourth-order valence-corrected chi connectivity index (χ4v) is 2.85. The minimum atomic E-state index is -1.28. The van der Waals surface area contributed by atoms with Gasteiger partial charge in [0.05, 0.1) is 13.2 Å². The second-order valence-corrected chi connectivity index (χ2v) is 6.31. The summed E-state index contributed by atoms with van der Waals surface area (Å²) in [6.45, 7) is -0.655. The quantitative estimate of drug-likeness (QED) is 0.439. The number of rotatable bonds is 8. The first kappa shape index (κ1) is 21.2. The molecular weight excluding hydrogens is 368 g/mol. The van der Waals surface area contributed by atoms with Crippen LogP contribution in [0.3, 0.4) is 0 Å². The van der Waals surface area contributed by atoms with Crippen molar-refractivity contribution in [3.8, 4) is 0 Å². The van der Waals surface area contributed by atoms with Crippen LogP contribution in [-0.2, 0) is 25.7 Å². The number of carbonyl (C=O) groups excluding carboxylic acids is 4. The van der Waals surface area contributed by atoms with Gasteiger partial charge in [-0.15, -0.1) is 0 Å². The molecule has 1 aliphatic rings. The third kappa shape index (κ3) is 5.95. The van der Waals surface area contributed by atoms with Gasteiger partial charge in [-0.2, -0.15) is 0 Å². The second kappa shape index (κ2) is 10.3. The molecule has 152 valence electrons. The van der Waals surface area contributed by atoms with Crippen LogP contribution in [0.2, 0.25) is 0 Å².